The molecule has 4 aromatic rings. The highest BCUT2D eigenvalue weighted by Crippen LogP contribution is 2.44. The summed E-state index contributed by atoms with van der Waals surface area (Å²) in [6.07, 6.45) is 0. The third-order valence-corrected chi connectivity index (χ3v) is 6.65. The lowest BCUT2D eigenvalue weighted by Crippen LogP contribution is -1.78. The molecule has 2 aromatic carbocycles. The van der Waals surface area contributed by atoms with Crippen LogP contribution in [0.1, 0.15) is 11.1 Å². The highest BCUT2D eigenvalue weighted by atomic mass is 35.5. The smallest absolute Gasteiger partial charge is 0.0941 e. The van der Waals surface area contributed by atoms with E-state index in [2.05, 4.69) is 79.9 Å². The summed E-state index contributed by atoms with van der Waals surface area (Å²) in [5.41, 5.74) is 7.50. The molecule has 0 aliphatic carbocycles. The summed E-state index contributed by atoms with van der Waals surface area (Å²) >= 11 is 9.79. The van der Waals surface area contributed by atoms with Crippen LogP contribution in [0.4, 0.5) is 0 Å². The Morgan fingerprint density at radius 3 is 1.96 bits per heavy atom. The molecule has 0 unspecified atom stereocenters. The Balaban J connectivity index is 1.76. The molecule has 0 N–H and O–H groups in total. The predicted octanol–water partition coefficient (Wildman–Crippen LogP) is 8.08. The SMILES string of the molecule is Cc1ccc(-c2csc(-c3sc(Cl)cc3-c3ccc(C)cc3)c2)cc1. The van der Waals surface area contributed by atoms with Gasteiger partial charge in [0.1, 0.15) is 0 Å². The Morgan fingerprint density at radius 2 is 1.32 bits per heavy atom. The van der Waals surface area contributed by atoms with E-state index in [9.17, 15) is 0 Å². The topological polar surface area (TPSA) is 0 Å². The quantitative estimate of drug-likeness (QED) is 0.337. The molecule has 124 valence electrons. The number of thiophene rings is 2. The van der Waals surface area contributed by atoms with Gasteiger partial charge < -0.3 is 0 Å². The van der Waals surface area contributed by atoms with E-state index >= 15 is 0 Å². The zero-order chi connectivity index (χ0) is 17.4. The van der Waals surface area contributed by atoms with Crippen molar-refractivity contribution in [3.05, 3.63) is 81.5 Å². The summed E-state index contributed by atoms with van der Waals surface area (Å²) in [7, 11) is 0. The van der Waals surface area contributed by atoms with Gasteiger partial charge in [-0.2, -0.15) is 0 Å². The molecule has 25 heavy (non-hydrogen) atoms. The summed E-state index contributed by atoms with van der Waals surface area (Å²) in [5, 5.41) is 2.23. The highest BCUT2D eigenvalue weighted by molar-refractivity contribution is 7.24. The number of hydrogen-bond donors (Lipinski definition) is 0. The highest BCUT2D eigenvalue weighted by Gasteiger charge is 2.14. The van der Waals surface area contributed by atoms with Gasteiger partial charge in [-0.1, -0.05) is 71.3 Å². The van der Waals surface area contributed by atoms with Gasteiger partial charge in [0.15, 0.2) is 0 Å². The Bertz CT molecular complexity index is 1010. The molecule has 0 radical (unpaired) electrons. The van der Waals surface area contributed by atoms with E-state index in [1.165, 1.54) is 43.1 Å². The largest absolute Gasteiger partial charge is 0.142 e. The molecular formula is C22H17ClS2. The zero-order valence-corrected chi connectivity index (χ0v) is 16.4. The fraction of sp³-hybridized carbons (Fsp3) is 0.0909. The van der Waals surface area contributed by atoms with Crippen molar-refractivity contribution in [2.24, 2.45) is 0 Å². The maximum absolute atomic E-state index is 6.36. The molecule has 0 fully saturated rings. The minimum absolute atomic E-state index is 0.830. The van der Waals surface area contributed by atoms with Crippen molar-refractivity contribution in [3.63, 3.8) is 0 Å². The molecule has 0 atom stereocenters. The van der Waals surface area contributed by atoms with E-state index in [1.54, 1.807) is 22.7 Å². The Morgan fingerprint density at radius 1 is 0.720 bits per heavy atom. The average molecular weight is 381 g/mol. The van der Waals surface area contributed by atoms with Crippen molar-refractivity contribution in [1.82, 2.24) is 0 Å². The van der Waals surface area contributed by atoms with Crippen molar-refractivity contribution in [2.75, 3.05) is 0 Å². The Kier molecular flexibility index (Phi) is 4.51. The Labute approximate surface area is 161 Å². The van der Waals surface area contributed by atoms with Crippen molar-refractivity contribution in [1.29, 1.82) is 0 Å². The predicted molar refractivity (Wildman–Crippen MR) is 113 cm³/mol. The molecular weight excluding hydrogens is 364 g/mol. The van der Waals surface area contributed by atoms with Gasteiger partial charge in [0.05, 0.1) is 9.21 Å². The summed E-state index contributed by atoms with van der Waals surface area (Å²) in [6, 6.07) is 21.7. The third kappa shape index (κ3) is 3.43. The fourth-order valence-electron chi connectivity index (χ4n) is 2.84. The van der Waals surface area contributed by atoms with Crippen LogP contribution in [0.25, 0.3) is 32.0 Å². The summed E-state index contributed by atoms with van der Waals surface area (Å²) in [6.45, 7) is 4.22. The van der Waals surface area contributed by atoms with Crippen molar-refractivity contribution in [2.45, 2.75) is 13.8 Å². The second kappa shape index (κ2) is 6.80. The van der Waals surface area contributed by atoms with E-state index in [4.69, 9.17) is 11.6 Å². The van der Waals surface area contributed by atoms with Crippen molar-refractivity contribution in [3.8, 4) is 32.0 Å². The van der Waals surface area contributed by atoms with E-state index in [-0.39, 0.29) is 0 Å². The molecule has 0 nitrogen and oxygen atoms in total. The van der Waals surface area contributed by atoms with Crippen molar-refractivity contribution < 1.29 is 0 Å². The van der Waals surface area contributed by atoms with Crippen LogP contribution >= 0.6 is 34.3 Å². The fourth-order valence-corrected chi connectivity index (χ4v) is 5.14. The van der Waals surface area contributed by atoms with Gasteiger partial charge in [-0.25, -0.2) is 0 Å². The van der Waals surface area contributed by atoms with Gasteiger partial charge in [0.25, 0.3) is 0 Å². The summed E-state index contributed by atoms with van der Waals surface area (Å²) in [5.74, 6) is 0. The van der Waals surface area contributed by atoms with Gasteiger partial charge in [0.2, 0.25) is 0 Å². The zero-order valence-electron chi connectivity index (χ0n) is 14.0. The van der Waals surface area contributed by atoms with Crippen LogP contribution in [-0.2, 0) is 0 Å². The number of aryl methyl sites for hydroxylation is 2. The average Bonchev–Trinajstić information content (AvgIpc) is 3.23. The van der Waals surface area contributed by atoms with Crippen LogP contribution in [0, 0.1) is 13.8 Å². The molecule has 4 rings (SSSR count). The van der Waals surface area contributed by atoms with E-state index in [1.807, 2.05) is 0 Å². The first-order chi connectivity index (χ1) is 12.1. The number of hydrogen-bond acceptors (Lipinski definition) is 2. The second-order valence-corrected chi connectivity index (χ2v) is 8.82. The summed E-state index contributed by atoms with van der Waals surface area (Å²) < 4.78 is 0.830. The lowest BCUT2D eigenvalue weighted by Gasteiger charge is -2.03. The number of rotatable bonds is 3. The molecule has 0 bridgehead atoms. The molecule has 2 aromatic heterocycles. The van der Waals surface area contributed by atoms with E-state index < -0.39 is 0 Å². The summed E-state index contributed by atoms with van der Waals surface area (Å²) in [4.78, 5) is 2.51. The van der Waals surface area contributed by atoms with Crippen LogP contribution in [0.2, 0.25) is 4.34 Å². The maximum atomic E-state index is 6.36. The molecule has 3 heteroatoms. The van der Waals surface area contributed by atoms with Crippen LogP contribution in [0.3, 0.4) is 0 Å². The lowest BCUT2D eigenvalue weighted by atomic mass is 10.0. The minimum Gasteiger partial charge on any atom is -0.142 e. The van der Waals surface area contributed by atoms with Crippen LogP contribution in [0.5, 0.6) is 0 Å². The van der Waals surface area contributed by atoms with Gasteiger partial charge in [-0.05, 0) is 48.1 Å². The van der Waals surface area contributed by atoms with E-state index in [0.29, 0.717) is 0 Å². The number of benzene rings is 2. The lowest BCUT2D eigenvalue weighted by molar-refractivity contribution is 1.47. The molecule has 0 saturated carbocycles. The maximum Gasteiger partial charge on any atom is 0.0941 e. The molecule has 0 saturated heterocycles. The number of halogens is 1. The first kappa shape index (κ1) is 16.6. The molecule has 0 spiro atoms. The monoisotopic (exact) mass is 380 g/mol. The first-order valence-corrected chi connectivity index (χ1v) is 10.2. The minimum atomic E-state index is 0.830. The van der Waals surface area contributed by atoms with Gasteiger partial charge >= 0.3 is 0 Å². The van der Waals surface area contributed by atoms with Gasteiger partial charge in [0, 0.05) is 10.4 Å². The third-order valence-electron chi connectivity index (χ3n) is 4.27. The van der Waals surface area contributed by atoms with Crippen LogP contribution < -0.4 is 0 Å². The standard InChI is InChI=1S/C22H17ClS2/c1-14-3-7-16(8-4-14)18-11-20(24-13-18)22-19(12-21(23)25-22)17-9-5-15(2)6-10-17/h3-13H,1-2H3. The van der Waals surface area contributed by atoms with Crippen molar-refractivity contribution >= 4 is 34.3 Å². The molecule has 0 aliphatic rings. The van der Waals surface area contributed by atoms with E-state index in [0.717, 1.165) is 4.34 Å². The van der Waals surface area contributed by atoms with Gasteiger partial charge in [-0.15, -0.1) is 22.7 Å². The van der Waals surface area contributed by atoms with Crippen LogP contribution in [0.15, 0.2) is 66.0 Å². The van der Waals surface area contributed by atoms with Crippen LogP contribution in [-0.4, -0.2) is 0 Å². The molecule has 2 heterocycles. The molecule has 0 amide bonds. The first-order valence-electron chi connectivity index (χ1n) is 8.12. The second-order valence-electron chi connectivity index (χ2n) is 6.22. The normalized spacial score (nSPS) is 11.0. The Hall–Kier alpha value is -1.87. The molecule has 0 aliphatic heterocycles. The van der Waals surface area contributed by atoms with Gasteiger partial charge in [-0.3, -0.25) is 0 Å².